The van der Waals surface area contributed by atoms with Crippen LogP contribution in [0.25, 0.3) is 11.0 Å². The summed E-state index contributed by atoms with van der Waals surface area (Å²) in [7, 11) is 0. The second-order valence-electron chi connectivity index (χ2n) is 7.78. The maximum atomic E-state index is 11.2. The van der Waals surface area contributed by atoms with E-state index in [1.807, 2.05) is 18.2 Å². The molecule has 28 heavy (non-hydrogen) atoms. The molecule has 0 spiro atoms. The number of hydrogen-bond acceptors (Lipinski definition) is 7. The van der Waals surface area contributed by atoms with Gasteiger partial charge in [-0.05, 0) is 42.5 Å². The summed E-state index contributed by atoms with van der Waals surface area (Å²) in [6, 6.07) is 7.53. The minimum atomic E-state index is -1.48. The van der Waals surface area contributed by atoms with Crippen molar-refractivity contribution >= 4 is 16.9 Å². The van der Waals surface area contributed by atoms with Crippen molar-refractivity contribution in [1.82, 2.24) is 14.5 Å². The fraction of sp³-hybridized carbons (Fsp3) is 0.400. The first-order chi connectivity index (χ1) is 13.4. The van der Waals surface area contributed by atoms with E-state index in [0.29, 0.717) is 22.4 Å². The molecule has 0 unspecified atom stereocenters. The number of fused-ring (bicyclic) bond motifs is 2. The van der Waals surface area contributed by atoms with Crippen LogP contribution >= 0.6 is 0 Å². The van der Waals surface area contributed by atoms with Gasteiger partial charge >= 0.3 is 0 Å². The lowest BCUT2D eigenvalue weighted by Gasteiger charge is -2.33. The molecule has 1 aliphatic heterocycles. The molecule has 0 amide bonds. The molecule has 0 bridgehead atoms. The van der Waals surface area contributed by atoms with Crippen molar-refractivity contribution in [1.29, 1.82) is 0 Å². The number of ether oxygens (including phenoxy) is 1. The highest BCUT2D eigenvalue weighted by atomic mass is 16.6. The minimum Gasteiger partial charge on any atom is -0.387 e. The Hall–Kier alpha value is -2.52. The van der Waals surface area contributed by atoms with E-state index < -0.39 is 30.1 Å². The van der Waals surface area contributed by atoms with Crippen LogP contribution in [0.4, 0.5) is 5.82 Å². The lowest BCUT2D eigenvalue weighted by atomic mass is 9.81. The summed E-state index contributed by atoms with van der Waals surface area (Å²) in [5.41, 5.74) is 8.03. The zero-order chi connectivity index (χ0) is 19.6. The van der Waals surface area contributed by atoms with Crippen LogP contribution in [0, 0.1) is 0 Å². The lowest BCUT2D eigenvalue weighted by molar-refractivity contribution is -0.135. The van der Waals surface area contributed by atoms with E-state index in [1.54, 1.807) is 23.8 Å². The minimum absolute atomic E-state index is 0.322. The summed E-state index contributed by atoms with van der Waals surface area (Å²) >= 11 is 0. The molecule has 8 heteroatoms. The van der Waals surface area contributed by atoms with Gasteiger partial charge in [0.25, 0.3) is 0 Å². The highest BCUT2D eigenvalue weighted by Crippen LogP contribution is 2.41. The van der Waals surface area contributed by atoms with E-state index in [-0.39, 0.29) is 0 Å². The molecule has 2 aliphatic rings. The molecule has 8 nitrogen and oxygen atoms in total. The number of benzene rings is 1. The molecule has 2 aromatic heterocycles. The van der Waals surface area contributed by atoms with Crippen LogP contribution in [0.2, 0.25) is 0 Å². The fourth-order valence-corrected chi connectivity index (χ4v) is 4.22. The largest absolute Gasteiger partial charge is 0.387 e. The van der Waals surface area contributed by atoms with Crippen LogP contribution in [0.1, 0.15) is 29.8 Å². The van der Waals surface area contributed by atoms with E-state index in [4.69, 9.17) is 10.5 Å². The highest BCUT2D eigenvalue weighted by Gasteiger charge is 2.52. The van der Waals surface area contributed by atoms with E-state index in [0.717, 1.165) is 12.8 Å². The number of hydrogen-bond donors (Lipinski definition) is 4. The second-order valence-corrected chi connectivity index (χ2v) is 7.78. The molecular weight excluding hydrogens is 360 g/mol. The van der Waals surface area contributed by atoms with Crippen molar-refractivity contribution in [3.05, 3.63) is 53.5 Å². The molecule has 5 atom stereocenters. The first-order valence-electron chi connectivity index (χ1n) is 9.31. The summed E-state index contributed by atoms with van der Waals surface area (Å²) in [6.45, 7) is 1.60. The number of aryl methyl sites for hydroxylation is 2. The molecule has 5 rings (SSSR count). The third kappa shape index (κ3) is 2.39. The van der Waals surface area contributed by atoms with Gasteiger partial charge in [0.05, 0.1) is 5.39 Å². The van der Waals surface area contributed by atoms with E-state index in [1.165, 1.54) is 17.5 Å². The Bertz CT molecular complexity index is 1060. The highest BCUT2D eigenvalue weighted by molar-refractivity contribution is 5.86. The SMILES string of the molecule is C[C@](O)(c1ccc2c(c1)CC2)[C@H]1O[C@@H](n2ccc3c(N)ncnc32)[C@H](O)[C@@H]1O. The first-order valence-corrected chi connectivity index (χ1v) is 9.31. The summed E-state index contributed by atoms with van der Waals surface area (Å²) in [4.78, 5) is 8.17. The number of aliphatic hydroxyl groups is 3. The molecule has 3 aromatic rings. The first kappa shape index (κ1) is 17.6. The van der Waals surface area contributed by atoms with Gasteiger partial charge < -0.3 is 30.4 Å². The van der Waals surface area contributed by atoms with Gasteiger partial charge in [0.15, 0.2) is 6.23 Å². The Morgan fingerprint density at radius 3 is 2.64 bits per heavy atom. The van der Waals surface area contributed by atoms with Crippen LogP contribution in [0.3, 0.4) is 0 Å². The Labute approximate surface area is 161 Å². The Kier molecular flexibility index (Phi) is 3.76. The number of nitrogens with two attached hydrogens (primary N) is 1. The molecule has 3 heterocycles. The number of aromatic nitrogens is 3. The zero-order valence-electron chi connectivity index (χ0n) is 15.4. The molecule has 1 fully saturated rings. The number of rotatable bonds is 3. The quantitative estimate of drug-likeness (QED) is 0.523. The van der Waals surface area contributed by atoms with E-state index in [9.17, 15) is 15.3 Å². The molecule has 0 saturated carbocycles. The second kappa shape index (κ2) is 5.99. The van der Waals surface area contributed by atoms with E-state index in [2.05, 4.69) is 9.97 Å². The summed E-state index contributed by atoms with van der Waals surface area (Å²) in [6.07, 6.45) is 0.603. The summed E-state index contributed by atoms with van der Waals surface area (Å²) in [5, 5.41) is 33.2. The van der Waals surface area contributed by atoms with Crippen molar-refractivity contribution in [2.75, 3.05) is 5.73 Å². The van der Waals surface area contributed by atoms with Crippen molar-refractivity contribution in [3.8, 4) is 0 Å². The van der Waals surface area contributed by atoms with Gasteiger partial charge in [-0.1, -0.05) is 18.2 Å². The van der Waals surface area contributed by atoms with Crippen molar-refractivity contribution in [2.45, 2.75) is 49.9 Å². The Morgan fingerprint density at radius 2 is 1.93 bits per heavy atom. The third-order valence-corrected chi connectivity index (χ3v) is 6.06. The topological polar surface area (TPSA) is 127 Å². The summed E-state index contributed by atoms with van der Waals surface area (Å²) in [5.74, 6) is 0.322. The van der Waals surface area contributed by atoms with Gasteiger partial charge in [-0.2, -0.15) is 0 Å². The van der Waals surface area contributed by atoms with E-state index >= 15 is 0 Å². The molecule has 0 radical (unpaired) electrons. The predicted octanol–water partition coefficient (Wildman–Crippen LogP) is 0.639. The normalized spacial score (nSPS) is 28.7. The van der Waals surface area contributed by atoms with Gasteiger partial charge in [0, 0.05) is 6.20 Å². The lowest BCUT2D eigenvalue weighted by Crippen LogP contribution is -2.45. The van der Waals surface area contributed by atoms with Crippen LogP contribution in [-0.2, 0) is 23.2 Å². The monoisotopic (exact) mass is 382 g/mol. The third-order valence-electron chi connectivity index (χ3n) is 6.06. The molecule has 146 valence electrons. The van der Waals surface area contributed by atoms with Gasteiger partial charge in [-0.3, -0.25) is 0 Å². The Balaban J connectivity index is 1.50. The van der Waals surface area contributed by atoms with Crippen LogP contribution in [0.15, 0.2) is 36.8 Å². The standard InChI is InChI=1S/C20H22N4O4/c1-20(27,12-5-4-10-2-3-11(10)8-12)16-14(25)15(26)19(28-16)24-7-6-13-17(21)22-9-23-18(13)24/h4-9,14-16,19,25-27H,2-3H2,1H3,(H2,21,22,23)/t14-,15+,16-,19+,20-/m0/s1. The van der Waals surface area contributed by atoms with Crippen molar-refractivity contribution < 1.29 is 20.1 Å². The van der Waals surface area contributed by atoms with Gasteiger partial charge in [-0.15, -0.1) is 0 Å². The van der Waals surface area contributed by atoms with Gasteiger partial charge in [0.1, 0.15) is 41.7 Å². The fourth-order valence-electron chi connectivity index (χ4n) is 4.22. The number of anilines is 1. The molecule has 1 aliphatic carbocycles. The molecular formula is C20H22N4O4. The van der Waals surface area contributed by atoms with Crippen molar-refractivity contribution in [3.63, 3.8) is 0 Å². The molecule has 1 aromatic carbocycles. The smallest absolute Gasteiger partial charge is 0.164 e. The zero-order valence-corrected chi connectivity index (χ0v) is 15.4. The summed E-state index contributed by atoms with van der Waals surface area (Å²) < 4.78 is 7.60. The predicted molar refractivity (Wildman–Crippen MR) is 101 cm³/mol. The molecule has 5 N–H and O–H groups in total. The van der Waals surface area contributed by atoms with Crippen molar-refractivity contribution in [2.24, 2.45) is 0 Å². The number of nitrogen functional groups attached to an aromatic ring is 1. The number of nitrogens with zero attached hydrogens (tertiary/aromatic N) is 3. The maximum absolute atomic E-state index is 11.2. The average molecular weight is 382 g/mol. The van der Waals surface area contributed by atoms with Crippen LogP contribution < -0.4 is 5.73 Å². The van der Waals surface area contributed by atoms with Crippen LogP contribution in [0.5, 0.6) is 0 Å². The van der Waals surface area contributed by atoms with Gasteiger partial charge in [0.2, 0.25) is 0 Å². The van der Waals surface area contributed by atoms with Crippen LogP contribution in [-0.4, -0.2) is 48.2 Å². The maximum Gasteiger partial charge on any atom is 0.164 e. The average Bonchev–Trinajstić information content (AvgIpc) is 3.19. The Morgan fingerprint density at radius 1 is 1.14 bits per heavy atom. The number of aliphatic hydroxyl groups excluding tert-OH is 2. The molecule has 1 saturated heterocycles. The van der Waals surface area contributed by atoms with Gasteiger partial charge in [-0.25, -0.2) is 9.97 Å².